The number of halogens is 7. The highest BCUT2D eigenvalue weighted by Gasteiger charge is 2.61. The van der Waals surface area contributed by atoms with Crippen LogP contribution in [0.4, 0.5) is 26.3 Å². The summed E-state index contributed by atoms with van der Waals surface area (Å²) >= 11 is 2.74. The summed E-state index contributed by atoms with van der Waals surface area (Å²) in [6, 6.07) is 0. The van der Waals surface area contributed by atoms with Gasteiger partial charge in [0.1, 0.15) is 6.10 Å². The minimum Gasteiger partial charge on any atom is -0.386 e. The van der Waals surface area contributed by atoms with Crippen molar-refractivity contribution in [3.05, 3.63) is 16.4 Å². The number of rotatable bonds is 2. The van der Waals surface area contributed by atoms with Gasteiger partial charge in [-0.1, -0.05) is 0 Å². The molecular weight excluding hydrogens is 334 g/mol. The van der Waals surface area contributed by atoms with Gasteiger partial charge < -0.3 is 5.11 Å². The minimum absolute atomic E-state index is 0.129. The molecule has 1 aromatic rings. The number of hydrogen-bond donors (Lipinski definition) is 1. The Morgan fingerprint density at radius 3 is 1.94 bits per heavy atom. The van der Waals surface area contributed by atoms with E-state index in [1.807, 2.05) is 0 Å². The molecule has 0 bridgehead atoms. The van der Waals surface area contributed by atoms with Gasteiger partial charge in [-0.15, -0.1) is 0 Å². The van der Waals surface area contributed by atoms with Crippen molar-refractivity contribution in [3.63, 3.8) is 0 Å². The fourth-order valence-electron chi connectivity index (χ4n) is 1.45. The largest absolute Gasteiger partial charge is 0.403 e. The number of aliphatic hydroxyl groups excluding tert-OH is 1. The van der Waals surface area contributed by atoms with E-state index in [9.17, 15) is 31.4 Å². The van der Waals surface area contributed by atoms with Gasteiger partial charge in [-0.25, -0.2) is 0 Å². The summed E-state index contributed by atoms with van der Waals surface area (Å²) < 4.78 is 75.0. The summed E-state index contributed by atoms with van der Waals surface area (Å²) in [5.74, 6) is -3.86. The normalized spacial score (nSPS) is 15.2. The van der Waals surface area contributed by atoms with Crippen LogP contribution in [0.5, 0.6) is 0 Å². The molecule has 0 saturated carbocycles. The summed E-state index contributed by atoms with van der Waals surface area (Å²) in [5.41, 5.74) is -0.588. The zero-order chi connectivity index (χ0) is 14.3. The van der Waals surface area contributed by atoms with Crippen molar-refractivity contribution in [1.82, 2.24) is 9.78 Å². The van der Waals surface area contributed by atoms with Crippen LogP contribution in [0.25, 0.3) is 0 Å². The monoisotopic (exact) mass is 340 g/mol. The zero-order valence-corrected chi connectivity index (χ0v) is 10.3. The lowest BCUT2D eigenvalue weighted by Gasteiger charge is -2.27. The minimum atomic E-state index is -5.61. The maximum atomic E-state index is 12.4. The van der Waals surface area contributed by atoms with Crippen LogP contribution in [0.2, 0.25) is 0 Å². The van der Waals surface area contributed by atoms with Crippen molar-refractivity contribution < 1.29 is 31.4 Å². The first-order chi connectivity index (χ1) is 7.96. The van der Waals surface area contributed by atoms with Gasteiger partial charge in [-0.05, 0) is 15.9 Å². The molecule has 0 radical (unpaired) electrons. The van der Waals surface area contributed by atoms with E-state index >= 15 is 0 Å². The first kappa shape index (κ1) is 15.3. The lowest BCUT2D eigenvalue weighted by Crippen LogP contribution is -2.41. The third kappa shape index (κ3) is 2.97. The number of aliphatic hydroxyl groups is 1. The van der Waals surface area contributed by atoms with Crippen LogP contribution in [-0.4, -0.2) is 27.2 Å². The molecular formula is C8H7BrF6N2O. The van der Waals surface area contributed by atoms with Gasteiger partial charge >= 0.3 is 12.4 Å². The Kier molecular flexibility index (Phi) is 4.01. The summed E-state index contributed by atoms with van der Waals surface area (Å²) in [7, 11) is 1.13. The molecule has 0 aromatic carbocycles. The Bertz CT molecular complexity index is 393. The summed E-state index contributed by atoms with van der Waals surface area (Å²) in [6.45, 7) is 0. The molecule has 1 rings (SSSR count). The quantitative estimate of drug-likeness (QED) is 0.840. The Morgan fingerprint density at radius 1 is 1.22 bits per heavy atom. The Morgan fingerprint density at radius 2 is 1.67 bits per heavy atom. The van der Waals surface area contributed by atoms with E-state index in [4.69, 9.17) is 0 Å². The number of nitrogens with zero attached hydrogens (tertiary/aromatic N) is 2. The number of aryl methyl sites for hydroxylation is 1. The average Bonchev–Trinajstić information content (AvgIpc) is 2.40. The SMILES string of the molecule is Cn1ncc(Br)c1C(O)C(C(F)(F)F)C(F)(F)F. The van der Waals surface area contributed by atoms with E-state index in [-0.39, 0.29) is 4.47 Å². The lowest BCUT2D eigenvalue weighted by molar-refractivity contribution is -0.308. The van der Waals surface area contributed by atoms with Crippen LogP contribution in [-0.2, 0) is 7.05 Å². The van der Waals surface area contributed by atoms with Gasteiger partial charge in [-0.3, -0.25) is 4.68 Å². The van der Waals surface area contributed by atoms with Crippen LogP contribution in [0.3, 0.4) is 0 Å². The number of hydrogen-bond acceptors (Lipinski definition) is 2. The number of alkyl halides is 6. The molecule has 1 aromatic heterocycles. The molecule has 104 valence electrons. The van der Waals surface area contributed by atoms with Crippen LogP contribution in [0.15, 0.2) is 10.7 Å². The van der Waals surface area contributed by atoms with E-state index in [0.29, 0.717) is 0 Å². The molecule has 1 atom stereocenters. The van der Waals surface area contributed by atoms with Crippen molar-refractivity contribution in [1.29, 1.82) is 0 Å². The van der Waals surface area contributed by atoms with Crippen LogP contribution < -0.4 is 0 Å². The fourth-order valence-corrected chi connectivity index (χ4v) is 2.04. The van der Waals surface area contributed by atoms with Crippen molar-refractivity contribution in [2.75, 3.05) is 0 Å². The highest BCUT2D eigenvalue weighted by atomic mass is 79.9. The number of aromatic nitrogens is 2. The highest BCUT2D eigenvalue weighted by Crippen LogP contribution is 2.47. The van der Waals surface area contributed by atoms with Gasteiger partial charge in [0.15, 0.2) is 5.92 Å². The molecule has 1 unspecified atom stereocenters. The first-order valence-corrected chi connectivity index (χ1v) is 5.24. The molecule has 1 heterocycles. The first-order valence-electron chi connectivity index (χ1n) is 4.45. The Hall–Kier alpha value is -0.770. The Labute approximate surface area is 106 Å². The predicted molar refractivity (Wildman–Crippen MR) is 51.5 cm³/mol. The molecule has 0 saturated heterocycles. The molecule has 0 aliphatic rings. The maximum absolute atomic E-state index is 12.4. The molecule has 10 heteroatoms. The predicted octanol–water partition coefficient (Wildman–Crippen LogP) is 2.96. The van der Waals surface area contributed by atoms with Gasteiger partial charge in [0.2, 0.25) is 0 Å². The molecule has 1 N–H and O–H groups in total. The second kappa shape index (κ2) is 4.72. The van der Waals surface area contributed by atoms with Crippen LogP contribution >= 0.6 is 15.9 Å². The molecule has 0 fully saturated rings. The van der Waals surface area contributed by atoms with Crippen molar-refractivity contribution in [2.45, 2.75) is 18.5 Å². The van der Waals surface area contributed by atoms with Gasteiger partial charge in [-0.2, -0.15) is 31.4 Å². The Balaban J connectivity index is 3.24. The standard InChI is InChI=1S/C8H7BrF6N2O/c1-17-4(3(9)2-16-17)5(18)6(7(10,11)12)8(13,14)15/h2,5-6,18H,1H3. The third-order valence-corrected chi connectivity index (χ3v) is 2.85. The lowest BCUT2D eigenvalue weighted by atomic mass is 9.98. The van der Waals surface area contributed by atoms with Crippen molar-refractivity contribution in [3.8, 4) is 0 Å². The second-order valence-corrected chi connectivity index (χ2v) is 4.36. The van der Waals surface area contributed by atoms with E-state index in [2.05, 4.69) is 21.0 Å². The van der Waals surface area contributed by atoms with Crippen LogP contribution in [0, 0.1) is 5.92 Å². The summed E-state index contributed by atoms with van der Waals surface area (Å²) in [5, 5.41) is 12.8. The van der Waals surface area contributed by atoms with Crippen molar-refractivity contribution >= 4 is 15.9 Å². The molecule has 0 aliphatic carbocycles. The maximum Gasteiger partial charge on any atom is 0.403 e. The van der Waals surface area contributed by atoms with E-state index in [1.165, 1.54) is 0 Å². The van der Waals surface area contributed by atoms with Gasteiger partial charge in [0.05, 0.1) is 16.4 Å². The topological polar surface area (TPSA) is 38.0 Å². The summed E-state index contributed by atoms with van der Waals surface area (Å²) in [6.07, 6.45) is -13.0. The zero-order valence-electron chi connectivity index (χ0n) is 8.72. The second-order valence-electron chi connectivity index (χ2n) is 3.51. The summed E-state index contributed by atoms with van der Waals surface area (Å²) in [4.78, 5) is 0. The molecule has 0 amide bonds. The highest BCUT2D eigenvalue weighted by molar-refractivity contribution is 9.10. The molecule has 0 aliphatic heterocycles. The molecule has 18 heavy (non-hydrogen) atoms. The van der Waals surface area contributed by atoms with E-state index in [1.54, 1.807) is 0 Å². The van der Waals surface area contributed by atoms with Gasteiger partial charge in [0.25, 0.3) is 0 Å². The van der Waals surface area contributed by atoms with Gasteiger partial charge in [0, 0.05) is 7.05 Å². The van der Waals surface area contributed by atoms with Crippen LogP contribution in [0.1, 0.15) is 11.8 Å². The molecule has 0 spiro atoms. The third-order valence-electron chi connectivity index (χ3n) is 2.24. The average molecular weight is 341 g/mol. The van der Waals surface area contributed by atoms with Crippen molar-refractivity contribution in [2.24, 2.45) is 13.0 Å². The van der Waals surface area contributed by atoms with E-state index < -0.39 is 30.1 Å². The smallest absolute Gasteiger partial charge is 0.386 e. The van der Waals surface area contributed by atoms with E-state index in [0.717, 1.165) is 17.9 Å². The fraction of sp³-hybridized carbons (Fsp3) is 0.625. The molecule has 3 nitrogen and oxygen atoms in total.